The molecule has 1 fully saturated rings. The number of morpholine rings is 1. The number of carbonyl (C=O) groups is 1. The number of anilines is 4. The second-order valence-corrected chi connectivity index (χ2v) is 8.07. The molecule has 172 valence electrons. The average Bonchev–Trinajstić information content (AvgIpc) is 2.86. The fourth-order valence-electron chi connectivity index (χ4n) is 3.76. The molecule has 8 nitrogen and oxygen atoms in total. The van der Waals surface area contributed by atoms with Gasteiger partial charge in [-0.25, -0.2) is 9.97 Å². The number of aryl methyl sites for hydroxylation is 1. The summed E-state index contributed by atoms with van der Waals surface area (Å²) in [6.45, 7) is 5.68. The van der Waals surface area contributed by atoms with Crippen LogP contribution in [0.1, 0.15) is 5.56 Å². The molecule has 0 bridgehead atoms. The maximum atomic E-state index is 11.6. The lowest BCUT2D eigenvalue weighted by Gasteiger charge is -2.28. The van der Waals surface area contributed by atoms with E-state index < -0.39 is 0 Å². The van der Waals surface area contributed by atoms with E-state index in [-0.39, 0.29) is 5.91 Å². The van der Waals surface area contributed by atoms with Crippen LogP contribution in [-0.2, 0) is 9.53 Å². The van der Waals surface area contributed by atoms with E-state index >= 15 is 0 Å². The van der Waals surface area contributed by atoms with Crippen LogP contribution in [0.5, 0.6) is 0 Å². The largest absolute Gasteiger partial charge is 0.378 e. The Hall–Kier alpha value is -3.65. The molecule has 0 atom stereocenters. The van der Waals surface area contributed by atoms with Crippen molar-refractivity contribution in [2.75, 3.05) is 62.1 Å². The lowest BCUT2D eigenvalue weighted by Crippen LogP contribution is -2.36. The Morgan fingerprint density at radius 1 is 1.09 bits per heavy atom. The maximum absolute atomic E-state index is 11.6. The number of benzene rings is 2. The number of ether oxygens (including phenoxy) is 1. The van der Waals surface area contributed by atoms with Gasteiger partial charge in [0.05, 0.1) is 25.5 Å². The van der Waals surface area contributed by atoms with Crippen LogP contribution in [0.4, 0.5) is 23.0 Å². The second-order valence-electron chi connectivity index (χ2n) is 8.07. The van der Waals surface area contributed by atoms with E-state index in [1.165, 1.54) is 5.69 Å². The maximum Gasteiger partial charge on any atom is 0.239 e. The molecule has 2 heterocycles. The summed E-state index contributed by atoms with van der Waals surface area (Å²) in [5.41, 5.74) is 5.96. The highest BCUT2D eigenvalue weighted by molar-refractivity contribution is 5.81. The predicted octanol–water partition coefficient (Wildman–Crippen LogP) is 3.21. The van der Waals surface area contributed by atoms with Gasteiger partial charge in [0.2, 0.25) is 11.9 Å². The summed E-state index contributed by atoms with van der Waals surface area (Å²) in [5.74, 6) is 0.525. The normalized spacial score (nSPS) is 13.5. The van der Waals surface area contributed by atoms with Gasteiger partial charge in [-0.15, -0.1) is 0 Å². The SMILES string of the molecule is CNC(=O)CN(C)c1ccc(-c2nc(Nc3ccc(N4CCOCC4)cc3)ncc2C)cc1. The number of amides is 1. The lowest BCUT2D eigenvalue weighted by molar-refractivity contribution is -0.119. The number of aromatic nitrogens is 2. The smallest absolute Gasteiger partial charge is 0.239 e. The highest BCUT2D eigenvalue weighted by atomic mass is 16.5. The molecular weight excluding hydrogens is 416 g/mol. The summed E-state index contributed by atoms with van der Waals surface area (Å²) in [5, 5.41) is 5.96. The molecule has 1 saturated heterocycles. The first-order valence-corrected chi connectivity index (χ1v) is 11.1. The third-order valence-electron chi connectivity index (χ3n) is 5.71. The van der Waals surface area contributed by atoms with Crippen LogP contribution in [0.2, 0.25) is 0 Å². The quantitative estimate of drug-likeness (QED) is 0.577. The van der Waals surface area contributed by atoms with Crippen molar-refractivity contribution in [1.29, 1.82) is 0 Å². The summed E-state index contributed by atoms with van der Waals surface area (Å²) < 4.78 is 5.43. The van der Waals surface area contributed by atoms with Crippen LogP contribution in [0, 0.1) is 6.92 Å². The second kappa shape index (κ2) is 10.3. The van der Waals surface area contributed by atoms with Crippen LogP contribution in [0.3, 0.4) is 0 Å². The van der Waals surface area contributed by atoms with Crippen molar-refractivity contribution in [2.24, 2.45) is 0 Å². The van der Waals surface area contributed by atoms with Gasteiger partial charge < -0.3 is 25.2 Å². The molecule has 0 saturated carbocycles. The van der Waals surface area contributed by atoms with E-state index in [1.54, 1.807) is 7.05 Å². The molecule has 3 aromatic rings. The molecule has 8 heteroatoms. The molecule has 1 aromatic heterocycles. The Morgan fingerprint density at radius 3 is 2.45 bits per heavy atom. The van der Waals surface area contributed by atoms with Gasteiger partial charge in [0.1, 0.15) is 0 Å². The first-order chi connectivity index (χ1) is 16.0. The summed E-state index contributed by atoms with van der Waals surface area (Å²) in [7, 11) is 3.54. The Morgan fingerprint density at radius 2 is 1.79 bits per heavy atom. The third-order valence-corrected chi connectivity index (χ3v) is 5.71. The fraction of sp³-hybridized carbons (Fsp3) is 0.320. The van der Waals surface area contributed by atoms with Gasteiger partial charge in [0.15, 0.2) is 0 Å². The van der Waals surface area contributed by atoms with Crippen LogP contribution in [-0.4, -0.2) is 62.8 Å². The lowest BCUT2D eigenvalue weighted by atomic mass is 10.1. The minimum Gasteiger partial charge on any atom is -0.378 e. The third kappa shape index (κ3) is 5.59. The Labute approximate surface area is 194 Å². The standard InChI is InChI=1S/C25H30N6O2/c1-18-16-27-25(28-20-6-10-22(11-7-20)31-12-14-33-15-13-31)29-24(18)19-4-8-21(9-5-19)30(3)17-23(32)26-2/h4-11,16H,12-15,17H2,1-3H3,(H,26,32)(H,27,28,29). The summed E-state index contributed by atoms with van der Waals surface area (Å²) in [6, 6.07) is 16.3. The zero-order valence-corrected chi connectivity index (χ0v) is 19.3. The molecular formula is C25H30N6O2. The molecule has 1 amide bonds. The number of likely N-dealkylation sites (N-methyl/N-ethyl adjacent to an activating group) is 2. The number of rotatable bonds is 7. The molecule has 0 unspecified atom stereocenters. The Bertz CT molecular complexity index is 1080. The topological polar surface area (TPSA) is 82.6 Å². The van der Waals surface area contributed by atoms with Gasteiger partial charge in [-0.2, -0.15) is 0 Å². The molecule has 0 radical (unpaired) electrons. The number of hydrogen-bond acceptors (Lipinski definition) is 7. The van der Waals surface area contributed by atoms with Gasteiger partial charge in [0.25, 0.3) is 0 Å². The van der Waals surface area contributed by atoms with E-state index in [0.717, 1.165) is 54.5 Å². The van der Waals surface area contributed by atoms with Gasteiger partial charge in [-0.3, -0.25) is 4.79 Å². The van der Waals surface area contributed by atoms with Crippen molar-refractivity contribution in [3.05, 3.63) is 60.3 Å². The molecule has 2 aromatic carbocycles. The van der Waals surface area contributed by atoms with Crippen molar-refractivity contribution in [3.63, 3.8) is 0 Å². The van der Waals surface area contributed by atoms with Crippen LogP contribution < -0.4 is 20.4 Å². The summed E-state index contributed by atoms with van der Waals surface area (Å²) >= 11 is 0. The molecule has 33 heavy (non-hydrogen) atoms. The molecule has 2 N–H and O–H groups in total. The van der Waals surface area contributed by atoms with Crippen molar-refractivity contribution >= 4 is 28.9 Å². The Kier molecular flexibility index (Phi) is 7.04. The van der Waals surface area contributed by atoms with Crippen molar-refractivity contribution in [1.82, 2.24) is 15.3 Å². The molecule has 0 spiro atoms. The Balaban J connectivity index is 1.47. The van der Waals surface area contributed by atoms with Crippen LogP contribution in [0.15, 0.2) is 54.7 Å². The highest BCUT2D eigenvalue weighted by Gasteiger charge is 2.12. The van der Waals surface area contributed by atoms with E-state index in [0.29, 0.717) is 12.5 Å². The number of carbonyl (C=O) groups excluding carboxylic acids is 1. The van der Waals surface area contributed by atoms with E-state index in [9.17, 15) is 4.79 Å². The van der Waals surface area contributed by atoms with Crippen molar-refractivity contribution in [2.45, 2.75) is 6.92 Å². The van der Waals surface area contributed by atoms with Gasteiger partial charge in [0, 0.05) is 56.0 Å². The van der Waals surface area contributed by atoms with E-state index in [2.05, 4.69) is 32.7 Å². The first kappa shape index (κ1) is 22.5. The highest BCUT2D eigenvalue weighted by Crippen LogP contribution is 2.26. The van der Waals surface area contributed by atoms with Crippen LogP contribution >= 0.6 is 0 Å². The molecule has 1 aliphatic heterocycles. The number of hydrogen-bond donors (Lipinski definition) is 2. The van der Waals surface area contributed by atoms with Gasteiger partial charge in [-0.1, -0.05) is 12.1 Å². The average molecular weight is 447 g/mol. The van der Waals surface area contributed by atoms with E-state index in [4.69, 9.17) is 9.72 Å². The summed E-state index contributed by atoms with van der Waals surface area (Å²) in [6.07, 6.45) is 1.83. The van der Waals surface area contributed by atoms with Crippen molar-refractivity contribution < 1.29 is 9.53 Å². The summed E-state index contributed by atoms with van der Waals surface area (Å²) in [4.78, 5) is 25.1. The molecule has 4 rings (SSSR count). The van der Waals surface area contributed by atoms with E-state index in [1.807, 2.05) is 61.5 Å². The van der Waals surface area contributed by atoms with Crippen LogP contribution in [0.25, 0.3) is 11.3 Å². The minimum absolute atomic E-state index is 0.0260. The number of nitrogens with zero attached hydrogens (tertiary/aromatic N) is 4. The van der Waals surface area contributed by atoms with Gasteiger partial charge in [-0.05, 0) is 48.9 Å². The van der Waals surface area contributed by atoms with Gasteiger partial charge >= 0.3 is 0 Å². The minimum atomic E-state index is -0.0260. The molecule has 1 aliphatic rings. The first-order valence-electron chi connectivity index (χ1n) is 11.1. The number of nitrogens with one attached hydrogen (secondary N) is 2. The monoisotopic (exact) mass is 446 g/mol. The molecule has 0 aliphatic carbocycles. The zero-order chi connectivity index (χ0) is 23.2. The zero-order valence-electron chi connectivity index (χ0n) is 19.3. The van der Waals surface area contributed by atoms with Crippen molar-refractivity contribution in [3.8, 4) is 11.3 Å². The predicted molar refractivity (Wildman–Crippen MR) is 132 cm³/mol. The fourth-order valence-corrected chi connectivity index (χ4v) is 3.76.